The van der Waals surface area contributed by atoms with Crippen LogP contribution in [0.3, 0.4) is 0 Å². The second kappa shape index (κ2) is 4.52. The summed E-state index contributed by atoms with van der Waals surface area (Å²) in [6.07, 6.45) is 1.31. The van der Waals surface area contributed by atoms with E-state index in [0.29, 0.717) is 0 Å². The summed E-state index contributed by atoms with van der Waals surface area (Å²) < 4.78 is 13.3. The topological polar surface area (TPSA) is 72.7 Å². The van der Waals surface area contributed by atoms with Crippen molar-refractivity contribution in [3.05, 3.63) is 42.2 Å². The van der Waals surface area contributed by atoms with Gasteiger partial charge in [-0.05, 0) is 17.3 Å². The molecule has 0 aliphatic carbocycles. The summed E-state index contributed by atoms with van der Waals surface area (Å²) in [5.41, 5.74) is -0.0811. The molecular weight excluding hydrogens is 225 g/mol. The molecule has 6 nitrogen and oxygen atoms in total. The maximum absolute atomic E-state index is 13.3. The highest BCUT2D eigenvalue weighted by molar-refractivity contribution is 6.03. The van der Waals surface area contributed by atoms with Gasteiger partial charge in [-0.2, -0.15) is 0 Å². The number of halogens is 1. The maximum Gasteiger partial charge on any atom is 0.270 e. The van der Waals surface area contributed by atoms with Gasteiger partial charge in [0.1, 0.15) is 5.82 Å². The Morgan fingerprint density at radius 1 is 1.47 bits per heavy atom. The number of hydrogen-bond acceptors (Lipinski definition) is 4. The minimum atomic E-state index is -0.633. The predicted molar refractivity (Wildman–Crippen MR) is 58.6 cm³/mol. The van der Waals surface area contributed by atoms with Crippen LogP contribution in [-0.4, -0.2) is 26.1 Å². The van der Waals surface area contributed by atoms with E-state index in [9.17, 15) is 9.18 Å². The third-order valence-corrected chi connectivity index (χ3v) is 1.94. The largest absolute Gasteiger partial charge is 0.288 e. The number of benzene rings is 1. The summed E-state index contributed by atoms with van der Waals surface area (Å²) >= 11 is 0. The molecule has 1 N–H and O–H groups in total. The average Bonchev–Trinajstić information content (AvgIpc) is 2.77. The third kappa shape index (κ3) is 2.33. The molecule has 0 spiro atoms. The molecule has 0 saturated carbocycles. The van der Waals surface area contributed by atoms with Crippen molar-refractivity contribution < 1.29 is 9.18 Å². The summed E-state index contributed by atoms with van der Waals surface area (Å²) in [6, 6.07) is 5.62. The standard InChI is InChI=1S/C10H8FN5O/c1-2-16-14-10(13-15-16)12-9(17)7-5-3-4-6-8(7)11/h2-6H,1H2,(H,12,14,17). The molecule has 0 unspecified atom stereocenters. The molecule has 17 heavy (non-hydrogen) atoms. The van der Waals surface area contributed by atoms with Crippen molar-refractivity contribution >= 4 is 18.1 Å². The maximum atomic E-state index is 13.3. The Labute approximate surface area is 95.8 Å². The molecule has 0 radical (unpaired) electrons. The van der Waals surface area contributed by atoms with Crippen molar-refractivity contribution in [1.82, 2.24) is 20.2 Å². The lowest BCUT2D eigenvalue weighted by Crippen LogP contribution is -2.14. The number of tetrazole rings is 1. The van der Waals surface area contributed by atoms with E-state index in [-0.39, 0.29) is 11.5 Å². The van der Waals surface area contributed by atoms with Gasteiger partial charge in [-0.1, -0.05) is 23.8 Å². The van der Waals surface area contributed by atoms with Gasteiger partial charge in [0, 0.05) is 6.20 Å². The highest BCUT2D eigenvalue weighted by Gasteiger charge is 2.13. The van der Waals surface area contributed by atoms with E-state index >= 15 is 0 Å². The van der Waals surface area contributed by atoms with Crippen LogP contribution in [0.1, 0.15) is 10.4 Å². The van der Waals surface area contributed by atoms with Crippen molar-refractivity contribution in [1.29, 1.82) is 0 Å². The minimum absolute atomic E-state index is 0.0156. The molecule has 2 rings (SSSR count). The summed E-state index contributed by atoms with van der Waals surface area (Å²) in [4.78, 5) is 12.7. The average molecular weight is 233 g/mol. The van der Waals surface area contributed by atoms with Gasteiger partial charge in [-0.25, -0.2) is 4.39 Å². The smallest absolute Gasteiger partial charge is 0.270 e. The third-order valence-electron chi connectivity index (χ3n) is 1.94. The first-order valence-corrected chi connectivity index (χ1v) is 4.68. The van der Waals surface area contributed by atoms with Crippen molar-refractivity contribution in [3.63, 3.8) is 0 Å². The highest BCUT2D eigenvalue weighted by Crippen LogP contribution is 2.08. The number of rotatable bonds is 3. The number of carbonyl (C=O) groups excluding carboxylic acids is 1. The first kappa shape index (κ1) is 10.9. The van der Waals surface area contributed by atoms with Crippen LogP contribution < -0.4 is 5.32 Å². The molecule has 0 bridgehead atoms. The quantitative estimate of drug-likeness (QED) is 0.863. The van der Waals surface area contributed by atoms with E-state index in [1.807, 2.05) is 0 Å². The van der Waals surface area contributed by atoms with Crippen LogP contribution >= 0.6 is 0 Å². The van der Waals surface area contributed by atoms with Crippen LogP contribution in [0.5, 0.6) is 0 Å². The number of nitrogens with zero attached hydrogens (tertiary/aromatic N) is 4. The molecule has 0 aliphatic rings. The fourth-order valence-electron chi connectivity index (χ4n) is 1.17. The van der Waals surface area contributed by atoms with Crippen molar-refractivity contribution in [3.8, 4) is 0 Å². The number of hydrogen-bond donors (Lipinski definition) is 1. The Morgan fingerprint density at radius 3 is 2.88 bits per heavy atom. The normalized spacial score (nSPS) is 9.94. The number of anilines is 1. The fraction of sp³-hybridized carbons (Fsp3) is 0. The van der Waals surface area contributed by atoms with Crippen LogP contribution in [-0.2, 0) is 0 Å². The van der Waals surface area contributed by atoms with Crippen molar-refractivity contribution in [2.24, 2.45) is 0 Å². The SMILES string of the molecule is C=Cn1nnc(NC(=O)c2ccccc2F)n1. The van der Waals surface area contributed by atoms with Gasteiger partial charge >= 0.3 is 0 Å². The van der Waals surface area contributed by atoms with E-state index in [1.54, 1.807) is 6.07 Å². The van der Waals surface area contributed by atoms with Gasteiger partial charge in [0.25, 0.3) is 11.9 Å². The Hall–Kier alpha value is -2.57. The lowest BCUT2D eigenvalue weighted by atomic mass is 10.2. The monoisotopic (exact) mass is 233 g/mol. The molecule has 0 aliphatic heterocycles. The summed E-state index contributed by atoms with van der Waals surface area (Å²) in [5, 5.41) is 13.2. The molecule has 1 amide bonds. The van der Waals surface area contributed by atoms with Crippen LogP contribution in [0.25, 0.3) is 6.20 Å². The van der Waals surface area contributed by atoms with Crippen LogP contribution in [0, 0.1) is 5.82 Å². The molecule has 7 heteroatoms. The lowest BCUT2D eigenvalue weighted by Gasteiger charge is -2.00. The second-order valence-corrected chi connectivity index (χ2v) is 3.05. The van der Waals surface area contributed by atoms with E-state index in [0.717, 1.165) is 4.80 Å². The molecule has 0 atom stereocenters. The van der Waals surface area contributed by atoms with Crippen LogP contribution in [0.15, 0.2) is 30.8 Å². The van der Waals surface area contributed by atoms with Crippen molar-refractivity contribution in [2.45, 2.75) is 0 Å². The first-order chi connectivity index (χ1) is 8.20. The van der Waals surface area contributed by atoms with Gasteiger partial charge in [-0.15, -0.1) is 9.90 Å². The minimum Gasteiger partial charge on any atom is -0.288 e. The number of carbonyl (C=O) groups is 1. The Balaban J connectivity index is 2.17. The lowest BCUT2D eigenvalue weighted by molar-refractivity contribution is 0.102. The molecule has 1 heterocycles. The van der Waals surface area contributed by atoms with Gasteiger partial charge < -0.3 is 0 Å². The van der Waals surface area contributed by atoms with E-state index in [4.69, 9.17) is 0 Å². The van der Waals surface area contributed by atoms with Crippen LogP contribution in [0.4, 0.5) is 10.3 Å². The van der Waals surface area contributed by atoms with Crippen LogP contribution in [0.2, 0.25) is 0 Å². The van der Waals surface area contributed by atoms with Gasteiger partial charge in [-0.3, -0.25) is 10.1 Å². The molecule has 0 saturated heterocycles. The van der Waals surface area contributed by atoms with E-state index in [1.165, 1.54) is 24.4 Å². The molecule has 0 fully saturated rings. The van der Waals surface area contributed by atoms with Crippen molar-refractivity contribution in [2.75, 3.05) is 5.32 Å². The molecular formula is C10H8FN5O. The molecule has 1 aromatic heterocycles. The Kier molecular flexibility index (Phi) is 2.91. The second-order valence-electron chi connectivity index (χ2n) is 3.05. The Bertz CT molecular complexity index is 565. The zero-order chi connectivity index (χ0) is 12.3. The van der Waals surface area contributed by atoms with E-state index in [2.05, 4.69) is 27.3 Å². The van der Waals surface area contributed by atoms with E-state index < -0.39 is 11.7 Å². The number of nitrogens with one attached hydrogen (secondary N) is 1. The molecule has 86 valence electrons. The predicted octanol–water partition coefficient (Wildman–Crippen LogP) is 1.17. The van der Waals surface area contributed by atoms with Gasteiger partial charge in [0.15, 0.2) is 0 Å². The molecule has 2 aromatic rings. The Morgan fingerprint density at radius 2 is 2.24 bits per heavy atom. The zero-order valence-electron chi connectivity index (χ0n) is 8.67. The number of amides is 1. The zero-order valence-corrected chi connectivity index (χ0v) is 8.67. The first-order valence-electron chi connectivity index (χ1n) is 4.68. The summed E-state index contributed by atoms with van der Waals surface area (Å²) in [7, 11) is 0. The van der Waals surface area contributed by atoms with Gasteiger partial charge in [0.2, 0.25) is 0 Å². The number of aromatic nitrogens is 4. The highest BCUT2D eigenvalue weighted by atomic mass is 19.1. The molecule has 1 aromatic carbocycles. The van der Waals surface area contributed by atoms with Gasteiger partial charge in [0.05, 0.1) is 5.56 Å². The summed E-state index contributed by atoms with van der Waals surface area (Å²) in [5.74, 6) is -1.26. The summed E-state index contributed by atoms with van der Waals surface area (Å²) in [6.45, 7) is 3.42. The fourth-order valence-corrected chi connectivity index (χ4v) is 1.17.